The fourth-order valence-corrected chi connectivity index (χ4v) is 1.90. The molecule has 0 spiro atoms. The van der Waals surface area contributed by atoms with Crippen molar-refractivity contribution >= 4 is 0 Å². The molecule has 4 heteroatoms. The summed E-state index contributed by atoms with van der Waals surface area (Å²) in [5.74, 6) is -0.0181. The number of methoxy groups -OCH3 is 1. The third kappa shape index (κ3) is 2.41. The molecule has 1 aromatic carbocycles. The van der Waals surface area contributed by atoms with Crippen LogP contribution in [0, 0.1) is 11.3 Å². The van der Waals surface area contributed by atoms with Crippen LogP contribution in [0.3, 0.4) is 0 Å². The average molecular weight is 233 g/mol. The topological polar surface area (TPSA) is 51.5 Å². The number of hydrogen-bond acceptors (Lipinski definition) is 4. The zero-order chi connectivity index (χ0) is 12.3. The van der Waals surface area contributed by atoms with Crippen molar-refractivity contribution in [1.29, 1.82) is 5.26 Å². The highest BCUT2D eigenvalue weighted by Gasteiger charge is 2.38. The van der Waals surface area contributed by atoms with E-state index in [1.807, 2.05) is 31.2 Å². The predicted molar refractivity (Wildman–Crippen MR) is 61.4 cm³/mol. The summed E-state index contributed by atoms with van der Waals surface area (Å²) in [6.45, 7) is 2.31. The van der Waals surface area contributed by atoms with Crippen LogP contribution < -0.4 is 4.74 Å². The summed E-state index contributed by atoms with van der Waals surface area (Å²) in [5, 5.41) is 8.64. The van der Waals surface area contributed by atoms with E-state index in [9.17, 15) is 0 Å². The van der Waals surface area contributed by atoms with Crippen molar-refractivity contribution < 1.29 is 14.2 Å². The Balaban J connectivity index is 2.19. The summed E-state index contributed by atoms with van der Waals surface area (Å²) in [7, 11) is 1.62. The molecule has 0 radical (unpaired) electrons. The Morgan fingerprint density at radius 2 is 2.41 bits per heavy atom. The van der Waals surface area contributed by atoms with Gasteiger partial charge in [-0.05, 0) is 19.1 Å². The lowest BCUT2D eigenvalue weighted by Gasteiger charge is -2.23. The van der Waals surface area contributed by atoms with E-state index in [0.29, 0.717) is 13.0 Å². The van der Waals surface area contributed by atoms with Crippen molar-refractivity contribution in [2.24, 2.45) is 0 Å². The smallest absolute Gasteiger partial charge is 0.192 e. The van der Waals surface area contributed by atoms with Gasteiger partial charge >= 0.3 is 0 Å². The van der Waals surface area contributed by atoms with Gasteiger partial charge in [-0.15, -0.1) is 0 Å². The number of nitriles is 1. The molecule has 0 N–H and O–H groups in total. The number of benzene rings is 1. The Morgan fingerprint density at radius 3 is 3.12 bits per heavy atom. The normalized spacial score (nSPS) is 27.7. The van der Waals surface area contributed by atoms with Crippen LogP contribution in [0.15, 0.2) is 24.3 Å². The van der Waals surface area contributed by atoms with Crippen LogP contribution in [0.25, 0.3) is 0 Å². The van der Waals surface area contributed by atoms with Gasteiger partial charge in [0.15, 0.2) is 5.79 Å². The molecule has 1 aromatic rings. The summed E-state index contributed by atoms with van der Waals surface area (Å²) >= 11 is 0. The van der Waals surface area contributed by atoms with Gasteiger partial charge < -0.3 is 14.2 Å². The Labute approximate surface area is 101 Å². The van der Waals surface area contributed by atoms with Crippen LogP contribution in [0.2, 0.25) is 0 Å². The Hall–Kier alpha value is -1.57. The van der Waals surface area contributed by atoms with Crippen molar-refractivity contribution in [1.82, 2.24) is 0 Å². The second-order valence-electron chi connectivity index (χ2n) is 4.09. The van der Waals surface area contributed by atoms with E-state index in [1.165, 1.54) is 0 Å². The Morgan fingerprint density at radius 1 is 1.59 bits per heavy atom. The molecule has 2 atom stereocenters. The maximum absolute atomic E-state index is 8.64. The standard InChI is InChI=1S/C13H15NO3/c1-13(16-9-12(17-13)6-7-14)10-4-3-5-11(8-10)15-2/h3-5,8,12H,6,9H2,1-2H3. The maximum atomic E-state index is 8.64. The molecule has 1 aliphatic heterocycles. The SMILES string of the molecule is COc1cccc(C2(C)OCC(CC#N)O2)c1. The molecule has 17 heavy (non-hydrogen) atoms. The predicted octanol–water partition coefficient (Wildman–Crippen LogP) is 2.20. The van der Waals surface area contributed by atoms with Crippen molar-refractivity contribution in [2.75, 3.05) is 13.7 Å². The van der Waals surface area contributed by atoms with Crippen LogP contribution in [0.4, 0.5) is 0 Å². The van der Waals surface area contributed by atoms with Crippen LogP contribution in [-0.4, -0.2) is 19.8 Å². The van der Waals surface area contributed by atoms with Crippen LogP contribution in [-0.2, 0) is 15.3 Å². The monoisotopic (exact) mass is 233 g/mol. The van der Waals surface area contributed by atoms with Gasteiger partial charge in [0.25, 0.3) is 0 Å². The fourth-order valence-electron chi connectivity index (χ4n) is 1.90. The average Bonchev–Trinajstić information content (AvgIpc) is 2.73. The summed E-state index contributed by atoms with van der Waals surface area (Å²) in [6, 6.07) is 9.67. The summed E-state index contributed by atoms with van der Waals surface area (Å²) in [5.41, 5.74) is 0.900. The van der Waals surface area contributed by atoms with Crippen LogP contribution >= 0.6 is 0 Å². The quantitative estimate of drug-likeness (QED) is 0.803. The number of hydrogen-bond donors (Lipinski definition) is 0. The van der Waals surface area contributed by atoms with Gasteiger partial charge in [0.2, 0.25) is 0 Å². The number of nitrogens with zero attached hydrogens (tertiary/aromatic N) is 1. The van der Waals surface area contributed by atoms with Gasteiger partial charge in [0, 0.05) is 5.56 Å². The first-order valence-electron chi connectivity index (χ1n) is 5.51. The maximum Gasteiger partial charge on any atom is 0.192 e. The second-order valence-corrected chi connectivity index (χ2v) is 4.09. The van der Waals surface area contributed by atoms with E-state index >= 15 is 0 Å². The molecule has 4 nitrogen and oxygen atoms in total. The van der Waals surface area contributed by atoms with Crippen LogP contribution in [0.5, 0.6) is 5.75 Å². The van der Waals surface area contributed by atoms with Crippen molar-refractivity contribution in [3.05, 3.63) is 29.8 Å². The lowest BCUT2D eigenvalue weighted by Crippen LogP contribution is -2.23. The molecule has 1 saturated heterocycles. The molecular weight excluding hydrogens is 218 g/mol. The van der Waals surface area contributed by atoms with E-state index in [1.54, 1.807) is 7.11 Å². The minimum atomic E-state index is -0.782. The van der Waals surface area contributed by atoms with E-state index in [0.717, 1.165) is 11.3 Å². The second kappa shape index (κ2) is 4.74. The van der Waals surface area contributed by atoms with Crippen LogP contribution in [0.1, 0.15) is 18.9 Å². The highest BCUT2D eigenvalue weighted by atomic mass is 16.7. The third-order valence-electron chi connectivity index (χ3n) is 2.85. The summed E-state index contributed by atoms with van der Waals surface area (Å²) < 4.78 is 16.6. The lowest BCUT2D eigenvalue weighted by atomic mass is 10.1. The Kier molecular flexibility index (Phi) is 3.32. The molecule has 1 heterocycles. The van der Waals surface area contributed by atoms with Gasteiger partial charge in [-0.1, -0.05) is 12.1 Å². The van der Waals surface area contributed by atoms with Crippen molar-refractivity contribution in [2.45, 2.75) is 25.2 Å². The zero-order valence-corrected chi connectivity index (χ0v) is 9.97. The van der Waals surface area contributed by atoms with Crippen molar-refractivity contribution in [3.63, 3.8) is 0 Å². The molecule has 2 rings (SSSR count). The van der Waals surface area contributed by atoms with Gasteiger partial charge in [-0.2, -0.15) is 5.26 Å². The Bertz CT molecular complexity index is 441. The summed E-state index contributed by atoms with van der Waals surface area (Å²) in [4.78, 5) is 0. The van der Waals surface area contributed by atoms with Gasteiger partial charge in [-0.25, -0.2) is 0 Å². The number of rotatable bonds is 3. The molecule has 1 fully saturated rings. The molecule has 1 aliphatic rings. The van der Waals surface area contributed by atoms with E-state index < -0.39 is 5.79 Å². The molecule has 0 aliphatic carbocycles. The molecule has 0 saturated carbocycles. The molecule has 0 bridgehead atoms. The van der Waals surface area contributed by atoms with Gasteiger partial charge in [0.05, 0.1) is 32.3 Å². The molecular formula is C13H15NO3. The fraction of sp³-hybridized carbons (Fsp3) is 0.462. The zero-order valence-electron chi connectivity index (χ0n) is 9.97. The molecule has 0 amide bonds. The number of ether oxygens (including phenoxy) is 3. The minimum absolute atomic E-state index is 0.156. The first-order valence-corrected chi connectivity index (χ1v) is 5.51. The molecule has 2 unspecified atom stereocenters. The highest BCUT2D eigenvalue weighted by Crippen LogP contribution is 2.35. The lowest BCUT2D eigenvalue weighted by molar-refractivity contribution is -0.161. The van der Waals surface area contributed by atoms with E-state index in [2.05, 4.69) is 6.07 Å². The van der Waals surface area contributed by atoms with E-state index in [-0.39, 0.29) is 6.10 Å². The van der Waals surface area contributed by atoms with E-state index in [4.69, 9.17) is 19.5 Å². The molecule has 0 aromatic heterocycles. The first-order chi connectivity index (χ1) is 8.18. The summed E-state index contributed by atoms with van der Waals surface area (Å²) in [6.07, 6.45) is 0.190. The minimum Gasteiger partial charge on any atom is -0.497 e. The third-order valence-corrected chi connectivity index (χ3v) is 2.85. The molecule has 90 valence electrons. The first kappa shape index (κ1) is 11.9. The highest BCUT2D eigenvalue weighted by molar-refractivity contribution is 5.31. The van der Waals surface area contributed by atoms with Gasteiger partial charge in [-0.3, -0.25) is 0 Å². The van der Waals surface area contributed by atoms with Gasteiger partial charge in [0.1, 0.15) is 5.75 Å². The van der Waals surface area contributed by atoms with Crippen molar-refractivity contribution in [3.8, 4) is 11.8 Å². The largest absolute Gasteiger partial charge is 0.497 e.